The van der Waals surface area contributed by atoms with E-state index in [-0.39, 0.29) is 29.9 Å². The van der Waals surface area contributed by atoms with Crippen molar-refractivity contribution in [1.82, 2.24) is 19.9 Å². The fraction of sp³-hybridized carbons (Fsp3) is 0.533. The minimum absolute atomic E-state index is 0.102. The summed E-state index contributed by atoms with van der Waals surface area (Å²) in [6, 6.07) is 7.71. The quantitative estimate of drug-likeness (QED) is 0.353. The average molecular weight is 567 g/mol. The number of amides is 1. The fourth-order valence-corrected chi connectivity index (χ4v) is 6.04. The average Bonchev–Trinajstić information content (AvgIpc) is 3.23. The molecule has 1 aliphatic heterocycles. The van der Waals surface area contributed by atoms with E-state index in [4.69, 9.17) is 21.3 Å². The third-order valence-electron chi connectivity index (χ3n) is 8.20. The minimum atomic E-state index is -0.289. The first-order chi connectivity index (χ1) is 19.5. The normalized spacial score (nSPS) is 18.4. The van der Waals surface area contributed by atoms with Gasteiger partial charge in [0, 0.05) is 37.3 Å². The number of nitrogens with zero attached hydrogens (tertiary/aromatic N) is 4. The smallest absolute Gasteiger partial charge is 0.293 e. The Hall–Kier alpha value is -3.33. The molecule has 1 aliphatic carbocycles. The van der Waals surface area contributed by atoms with Crippen LogP contribution in [-0.4, -0.2) is 47.2 Å². The predicted octanol–water partition coefficient (Wildman–Crippen LogP) is 5.84. The maximum Gasteiger partial charge on any atom is 0.293 e. The van der Waals surface area contributed by atoms with E-state index in [2.05, 4.69) is 27.4 Å². The topological polar surface area (TPSA) is 101 Å². The molecule has 3 aromatic rings. The Morgan fingerprint density at radius 3 is 2.70 bits per heavy atom. The number of aromatic nitrogens is 3. The highest BCUT2D eigenvalue weighted by Gasteiger charge is 2.23. The first-order valence-corrected chi connectivity index (χ1v) is 14.9. The van der Waals surface area contributed by atoms with E-state index in [1.807, 2.05) is 22.8 Å². The summed E-state index contributed by atoms with van der Waals surface area (Å²) in [5, 5.41) is 7.19. The summed E-state index contributed by atoms with van der Waals surface area (Å²) in [4.78, 5) is 37.0. The molecule has 1 amide bonds. The van der Waals surface area contributed by atoms with Crippen LogP contribution >= 0.6 is 11.6 Å². The molecule has 214 valence electrons. The number of carbonyl (C=O) groups excluding carboxylic acids is 1. The van der Waals surface area contributed by atoms with Crippen LogP contribution in [0.3, 0.4) is 0 Å². The second-order valence-electron chi connectivity index (χ2n) is 10.9. The van der Waals surface area contributed by atoms with Gasteiger partial charge in [-0.25, -0.2) is 4.98 Å². The maximum atomic E-state index is 13.5. The highest BCUT2D eigenvalue weighted by molar-refractivity contribution is 6.32. The zero-order valence-corrected chi connectivity index (χ0v) is 24.2. The van der Waals surface area contributed by atoms with E-state index in [9.17, 15) is 9.59 Å². The maximum absolute atomic E-state index is 13.5. The molecule has 0 unspecified atom stereocenters. The van der Waals surface area contributed by atoms with Crippen molar-refractivity contribution in [2.75, 3.05) is 37.0 Å². The number of likely N-dealkylation sites (N-methyl/N-ethyl adjacent to an activating group) is 1. The van der Waals surface area contributed by atoms with Gasteiger partial charge in [-0.1, -0.05) is 50.6 Å². The molecule has 2 aliphatic rings. The number of halogens is 1. The van der Waals surface area contributed by atoms with Crippen molar-refractivity contribution in [2.45, 2.75) is 70.8 Å². The summed E-state index contributed by atoms with van der Waals surface area (Å²) in [5.41, 5.74) is 1.43. The van der Waals surface area contributed by atoms with Crippen molar-refractivity contribution in [3.05, 3.63) is 45.8 Å². The Bertz CT molecular complexity index is 1400. The Labute approximate surface area is 240 Å². The van der Waals surface area contributed by atoms with Crippen LogP contribution in [0.25, 0.3) is 10.9 Å². The zero-order chi connectivity index (χ0) is 28.1. The van der Waals surface area contributed by atoms with E-state index in [1.165, 1.54) is 19.3 Å². The monoisotopic (exact) mass is 566 g/mol. The molecule has 1 saturated carbocycles. The van der Waals surface area contributed by atoms with Crippen LogP contribution in [0.5, 0.6) is 5.75 Å². The van der Waals surface area contributed by atoms with Gasteiger partial charge >= 0.3 is 0 Å². The molecule has 0 radical (unpaired) electrons. The number of benzene rings is 1. The molecule has 2 N–H and O–H groups in total. The largest absolute Gasteiger partial charge is 0.478 e. The molecule has 0 spiro atoms. The molecule has 1 saturated heterocycles. The lowest BCUT2D eigenvalue weighted by Crippen LogP contribution is -2.30. The summed E-state index contributed by atoms with van der Waals surface area (Å²) >= 11 is 6.54. The first-order valence-electron chi connectivity index (χ1n) is 14.5. The van der Waals surface area contributed by atoms with Crippen LogP contribution in [0.15, 0.2) is 35.3 Å². The molecule has 2 aromatic heterocycles. The fourth-order valence-electron chi connectivity index (χ4n) is 5.90. The van der Waals surface area contributed by atoms with Crippen molar-refractivity contribution in [3.63, 3.8) is 0 Å². The molecular weight excluding hydrogens is 528 g/mol. The van der Waals surface area contributed by atoms with Crippen LogP contribution in [-0.2, 0) is 4.79 Å². The number of anilines is 3. The molecule has 9 nitrogen and oxygen atoms in total. The highest BCUT2D eigenvalue weighted by Crippen LogP contribution is 2.33. The SMILES string of the molecule is CC[C@H]1CCCCN(c2ncc(Cl)c(Nc3ccc4c(c3)cc(OCC(=O)NC)c(=O)n4C3CCCCC3)n2)C1. The number of hydrogen-bond donors (Lipinski definition) is 2. The van der Waals surface area contributed by atoms with Crippen LogP contribution in [0.4, 0.5) is 17.5 Å². The Balaban J connectivity index is 1.48. The van der Waals surface area contributed by atoms with Gasteiger partial charge in [-0.3, -0.25) is 9.59 Å². The Morgan fingerprint density at radius 1 is 1.12 bits per heavy atom. The molecule has 5 rings (SSSR count). The van der Waals surface area contributed by atoms with Crippen LogP contribution < -0.4 is 25.8 Å². The Morgan fingerprint density at radius 2 is 1.93 bits per heavy atom. The number of rotatable bonds is 8. The van der Waals surface area contributed by atoms with Gasteiger partial charge in [-0.2, -0.15) is 4.98 Å². The van der Waals surface area contributed by atoms with E-state index < -0.39 is 0 Å². The second kappa shape index (κ2) is 12.9. The summed E-state index contributed by atoms with van der Waals surface area (Å²) in [6.45, 7) is 3.91. The molecule has 0 bridgehead atoms. The van der Waals surface area contributed by atoms with E-state index >= 15 is 0 Å². The lowest BCUT2D eigenvalue weighted by molar-refractivity contribution is -0.122. The first kappa shape index (κ1) is 28.2. The van der Waals surface area contributed by atoms with Gasteiger partial charge in [0.2, 0.25) is 5.95 Å². The van der Waals surface area contributed by atoms with Crippen molar-refractivity contribution in [1.29, 1.82) is 0 Å². The van der Waals surface area contributed by atoms with Gasteiger partial charge in [0.25, 0.3) is 11.5 Å². The van der Waals surface area contributed by atoms with Gasteiger partial charge in [0.15, 0.2) is 18.2 Å². The summed E-state index contributed by atoms with van der Waals surface area (Å²) in [6.07, 6.45) is 11.7. The summed E-state index contributed by atoms with van der Waals surface area (Å²) in [7, 11) is 1.54. The molecule has 2 fully saturated rings. The molecule has 1 atom stereocenters. The van der Waals surface area contributed by atoms with Gasteiger partial charge in [-0.05, 0) is 55.9 Å². The van der Waals surface area contributed by atoms with Gasteiger partial charge in [-0.15, -0.1) is 0 Å². The van der Waals surface area contributed by atoms with Gasteiger partial charge in [0.05, 0.1) is 11.7 Å². The standard InChI is InChI=1S/C30H39ClN6O3/c1-3-20-9-7-8-14-36(18-20)30-33-17-24(31)28(35-30)34-22-12-13-25-21(15-22)16-26(40-19-27(38)32-2)29(39)37(25)23-10-5-4-6-11-23/h12-13,15-17,20,23H,3-11,14,18-19H2,1-2H3,(H,32,38)(H,33,34,35)/t20-/m0/s1. The summed E-state index contributed by atoms with van der Waals surface area (Å²) in [5.74, 6) is 1.75. The molecule has 3 heterocycles. The zero-order valence-electron chi connectivity index (χ0n) is 23.4. The third kappa shape index (κ3) is 6.35. The molecule has 40 heavy (non-hydrogen) atoms. The highest BCUT2D eigenvalue weighted by atomic mass is 35.5. The lowest BCUT2D eigenvalue weighted by atomic mass is 9.94. The van der Waals surface area contributed by atoms with E-state index in [1.54, 1.807) is 19.3 Å². The van der Waals surface area contributed by atoms with Crippen molar-refractivity contribution < 1.29 is 9.53 Å². The van der Waals surface area contributed by atoms with Crippen molar-refractivity contribution >= 4 is 45.9 Å². The molecule has 10 heteroatoms. The predicted molar refractivity (Wildman–Crippen MR) is 160 cm³/mol. The number of fused-ring (bicyclic) bond motifs is 1. The van der Waals surface area contributed by atoms with Crippen LogP contribution in [0.1, 0.15) is 70.8 Å². The van der Waals surface area contributed by atoms with E-state index in [0.29, 0.717) is 22.7 Å². The summed E-state index contributed by atoms with van der Waals surface area (Å²) < 4.78 is 7.56. The van der Waals surface area contributed by atoms with Crippen molar-refractivity contribution in [2.24, 2.45) is 5.92 Å². The minimum Gasteiger partial charge on any atom is -0.478 e. The molecular formula is C30H39ClN6O3. The number of ether oxygens (including phenoxy) is 1. The molecule has 1 aromatic carbocycles. The number of nitrogens with one attached hydrogen (secondary N) is 2. The van der Waals surface area contributed by atoms with Gasteiger partial charge in [0.1, 0.15) is 5.02 Å². The number of hydrogen-bond acceptors (Lipinski definition) is 7. The Kier molecular flexibility index (Phi) is 9.09. The third-order valence-corrected chi connectivity index (χ3v) is 8.48. The van der Waals surface area contributed by atoms with Gasteiger partial charge < -0.3 is 24.8 Å². The second-order valence-corrected chi connectivity index (χ2v) is 11.3. The lowest BCUT2D eigenvalue weighted by Gasteiger charge is -2.26. The van der Waals surface area contributed by atoms with Crippen LogP contribution in [0.2, 0.25) is 5.02 Å². The van der Waals surface area contributed by atoms with Crippen LogP contribution in [0, 0.1) is 5.92 Å². The van der Waals surface area contributed by atoms with E-state index in [0.717, 1.165) is 68.2 Å². The number of carbonyl (C=O) groups is 1. The number of pyridine rings is 1. The van der Waals surface area contributed by atoms with Crippen molar-refractivity contribution in [3.8, 4) is 5.75 Å².